The van der Waals surface area contributed by atoms with E-state index in [0.29, 0.717) is 6.42 Å². The molecular formula is C19H18ClN5. The van der Waals surface area contributed by atoms with Gasteiger partial charge in [-0.2, -0.15) is 5.10 Å². The predicted molar refractivity (Wildman–Crippen MR) is 101 cm³/mol. The van der Waals surface area contributed by atoms with Crippen molar-refractivity contribution in [3.05, 3.63) is 84.6 Å². The molecule has 1 atom stereocenters. The zero-order valence-electron chi connectivity index (χ0n) is 13.5. The molecule has 0 aliphatic carbocycles. The molecule has 4 aromatic rings. The molecule has 126 valence electrons. The fraction of sp³-hybridized carbons (Fsp3) is 0.105. The third-order valence-corrected chi connectivity index (χ3v) is 4.03. The average molecular weight is 352 g/mol. The van der Waals surface area contributed by atoms with Gasteiger partial charge in [0, 0.05) is 29.9 Å². The van der Waals surface area contributed by atoms with Crippen LogP contribution in [0.2, 0.25) is 0 Å². The molecule has 0 aliphatic rings. The molecule has 0 fully saturated rings. The van der Waals surface area contributed by atoms with E-state index in [4.69, 9.17) is 5.73 Å². The number of rotatable bonds is 4. The number of para-hydroxylation sites is 1. The molecule has 25 heavy (non-hydrogen) atoms. The van der Waals surface area contributed by atoms with E-state index < -0.39 is 0 Å². The Labute approximate surface area is 151 Å². The van der Waals surface area contributed by atoms with E-state index in [1.54, 1.807) is 12.4 Å². The lowest BCUT2D eigenvalue weighted by Gasteiger charge is -2.15. The summed E-state index contributed by atoms with van der Waals surface area (Å²) >= 11 is 0. The molecule has 5 nitrogen and oxygen atoms in total. The maximum absolute atomic E-state index is 6.43. The molecule has 0 radical (unpaired) electrons. The molecule has 1 aromatic carbocycles. The predicted octanol–water partition coefficient (Wildman–Crippen LogP) is 3.48. The first-order valence-electron chi connectivity index (χ1n) is 7.86. The molecule has 0 bridgehead atoms. The number of aromatic nitrogens is 4. The molecule has 4 rings (SSSR count). The molecule has 0 aliphatic heterocycles. The highest BCUT2D eigenvalue weighted by Crippen LogP contribution is 2.24. The van der Waals surface area contributed by atoms with Crippen molar-refractivity contribution >= 4 is 23.3 Å². The first kappa shape index (κ1) is 17.1. The standard InChI is InChI=1S/C19H17N5.ClH/c20-16(12-15-7-3-4-10-21-15)19-18(9-5-11-22-19)24-17-8-2-1-6-14(17)13-23-24;/h1-11,13,16H,12,20H2;1H/t16-;/m0./s1. The largest absolute Gasteiger partial charge is 0.322 e. The van der Waals surface area contributed by atoms with Crippen LogP contribution in [0.25, 0.3) is 16.6 Å². The van der Waals surface area contributed by atoms with E-state index in [0.717, 1.165) is 28.0 Å². The Morgan fingerprint density at radius 1 is 0.920 bits per heavy atom. The highest BCUT2D eigenvalue weighted by molar-refractivity contribution is 5.85. The number of pyridine rings is 2. The summed E-state index contributed by atoms with van der Waals surface area (Å²) in [5.74, 6) is 0. The number of fused-ring (bicyclic) bond motifs is 1. The highest BCUT2D eigenvalue weighted by Gasteiger charge is 2.16. The number of benzene rings is 1. The third kappa shape index (κ3) is 3.38. The minimum absolute atomic E-state index is 0. The van der Waals surface area contributed by atoms with Gasteiger partial charge in [0.1, 0.15) is 0 Å². The van der Waals surface area contributed by atoms with Crippen LogP contribution in [0.3, 0.4) is 0 Å². The zero-order chi connectivity index (χ0) is 16.4. The maximum atomic E-state index is 6.43. The fourth-order valence-electron chi connectivity index (χ4n) is 2.88. The van der Waals surface area contributed by atoms with Gasteiger partial charge >= 0.3 is 0 Å². The number of nitrogens with two attached hydrogens (primary N) is 1. The zero-order valence-corrected chi connectivity index (χ0v) is 14.3. The summed E-state index contributed by atoms with van der Waals surface area (Å²) in [6.07, 6.45) is 6.03. The van der Waals surface area contributed by atoms with Crippen LogP contribution in [-0.2, 0) is 6.42 Å². The van der Waals surface area contributed by atoms with Gasteiger partial charge in [0.25, 0.3) is 0 Å². The quantitative estimate of drug-likeness (QED) is 0.611. The van der Waals surface area contributed by atoms with Crippen molar-refractivity contribution in [2.24, 2.45) is 5.73 Å². The van der Waals surface area contributed by atoms with Crippen molar-refractivity contribution in [1.29, 1.82) is 0 Å². The molecule has 0 saturated carbocycles. The summed E-state index contributed by atoms with van der Waals surface area (Å²) in [6.45, 7) is 0. The van der Waals surface area contributed by atoms with Crippen LogP contribution in [0.1, 0.15) is 17.4 Å². The lowest BCUT2D eigenvalue weighted by molar-refractivity contribution is 0.672. The van der Waals surface area contributed by atoms with Gasteiger partial charge in [-0.1, -0.05) is 24.3 Å². The first-order chi connectivity index (χ1) is 11.8. The second-order valence-electron chi connectivity index (χ2n) is 5.65. The van der Waals surface area contributed by atoms with Gasteiger partial charge in [0.2, 0.25) is 0 Å². The van der Waals surface area contributed by atoms with Gasteiger partial charge in [-0.15, -0.1) is 12.4 Å². The molecule has 6 heteroatoms. The molecular weight excluding hydrogens is 334 g/mol. The Balaban J connectivity index is 0.00000182. The van der Waals surface area contributed by atoms with Crippen molar-refractivity contribution in [1.82, 2.24) is 19.7 Å². The van der Waals surface area contributed by atoms with E-state index in [1.165, 1.54) is 0 Å². The van der Waals surface area contributed by atoms with Crippen LogP contribution in [0.5, 0.6) is 0 Å². The molecule has 3 aromatic heterocycles. The van der Waals surface area contributed by atoms with Crippen molar-refractivity contribution < 1.29 is 0 Å². The number of halogens is 1. The third-order valence-electron chi connectivity index (χ3n) is 4.03. The van der Waals surface area contributed by atoms with Crippen molar-refractivity contribution in [3.63, 3.8) is 0 Å². The minimum Gasteiger partial charge on any atom is -0.322 e. The van der Waals surface area contributed by atoms with E-state index in [2.05, 4.69) is 15.1 Å². The Kier molecular flexibility index (Phi) is 5.07. The molecule has 0 amide bonds. The second kappa shape index (κ2) is 7.42. The van der Waals surface area contributed by atoms with Gasteiger partial charge in [-0.05, 0) is 30.3 Å². The van der Waals surface area contributed by atoms with Crippen LogP contribution >= 0.6 is 12.4 Å². The summed E-state index contributed by atoms with van der Waals surface area (Å²) in [5, 5.41) is 5.61. The average Bonchev–Trinajstić information content (AvgIpc) is 3.06. The van der Waals surface area contributed by atoms with Crippen LogP contribution in [-0.4, -0.2) is 19.7 Å². The highest BCUT2D eigenvalue weighted by atomic mass is 35.5. The van der Waals surface area contributed by atoms with Gasteiger partial charge < -0.3 is 5.73 Å². The molecule has 0 spiro atoms. The molecule has 2 N–H and O–H groups in total. The van der Waals surface area contributed by atoms with Crippen LogP contribution in [0, 0.1) is 0 Å². The van der Waals surface area contributed by atoms with Crippen molar-refractivity contribution in [3.8, 4) is 5.69 Å². The SMILES string of the molecule is Cl.N[C@@H](Cc1ccccn1)c1ncccc1-n1ncc2ccccc21. The van der Waals surface area contributed by atoms with Crippen LogP contribution < -0.4 is 5.73 Å². The monoisotopic (exact) mass is 351 g/mol. The Morgan fingerprint density at radius 3 is 2.56 bits per heavy atom. The van der Waals surface area contributed by atoms with Gasteiger partial charge in [-0.3, -0.25) is 9.97 Å². The van der Waals surface area contributed by atoms with Crippen molar-refractivity contribution in [2.45, 2.75) is 12.5 Å². The van der Waals surface area contributed by atoms with Gasteiger partial charge in [0.05, 0.1) is 29.1 Å². The Morgan fingerprint density at radius 2 is 1.72 bits per heavy atom. The number of hydrogen-bond acceptors (Lipinski definition) is 4. The lowest BCUT2D eigenvalue weighted by atomic mass is 10.1. The summed E-state index contributed by atoms with van der Waals surface area (Å²) < 4.78 is 1.90. The van der Waals surface area contributed by atoms with Crippen LogP contribution in [0.15, 0.2) is 73.2 Å². The minimum atomic E-state index is -0.251. The summed E-state index contributed by atoms with van der Waals surface area (Å²) in [5.41, 5.74) is 10.1. The Hall–Kier alpha value is -2.76. The molecule has 0 unspecified atom stereocenters. The smallest absolute Gasteiger partial charge is 0.0884 e. The summed E-state index contributed by atoms with van der Waals surface area (Å²) in [7, 11) is 0. The first-order valence-corrected chi connectivity index (χ1v) is 7.86. The van der Waals surface area contributed by atoms with Gasteiger partial charge in [-0.25, -0.2) is 4.68 Å². The topological polar surface area (TPSA) is 69.6 Å². The van der Waals surface area contributed by atoms with Gasteiger partial charge in [0.15, 0.2) is 0 Å². The number of hydrogen-bond donors (Lipinski definition) is 1. The van der Waals surface area contributed by atoms with E-state index in [9.17, 15) is 0 Å². The second-order valence-corrected chi connectivity index (χ2v) is 5.65. The molecule has 0 saturated heterocycles. The lowest BCUT2D eigenvalue weighted by Crippen LogP contribution is -2.18. The summed E-state index contributed by atoms with van der Waals surface area (Å²) in [4.78, 5) is 8.88. The van der Waals surface area contributed by atoms with Crippen molar-refractivity contribution in [2.75, 3.05) is 0 Å². The Bertz CT molecular complexity index is 968. The summed E-state index contributed by atoms with van der Waals surface area (Å²) in [6, 6.07) is 17.6. The number of nitrogens with zero attached hydrogens (tertiary/aromatic N) is 4. The van der Waals surface area contributed by atoms with E-state index in [1.807, 2.05) is 65.5 Å². The van der Waals surface area contributed by atoms with E-state index in [-0.39, 0.29) is 18.4 Å². The van der Waals surface area contributed by atoms with Crippen LogP contribution in [0.4, 0.5) is 0 Å². The van der Waals surface area contributed by atoms with E-state index >= 15 is 0 Å². The normalized spacial score (nSPS) is 11.9. The molecule has 3 heterocycles. The fourth-order valence-corrected chi connectivity index (χ4v) is 2.88. The maximum Gasteiger partial charge on any atom is 0.0884 e.